The van der Waals surface area contributed by atoms with E-state index in [-0.39, 0.29) is 28.2 Å². The van der Waals surface area contributed by atoms with Crippen LogP contribution in [0.15, 0.2) is 36.4 Å². The van der Waals surface area contributed by atoms with E-state index in [1.165, 1.54) is 24.3 Å². The molecule has 1 amide bonds. The van der Waals surface area contributed by atoms with Gasteiger partial charge in [0.15, 0.2) is 0 Å². The van der Waals surface area contributed by atoms with Gasteiger partial charge >= 0.3 is 0 Å². The summed E-state index contributed by atoms with van der Waals surface area (Å²) in [6, 6.07) is 10.6. The molecule has 0 heterocycles. The van der Waals surface area contributed by atoms with Crippen LogP contribution in [-0.2, 0) is 4.79 Å². The molecule has 2 aromatic rings. The Labute approximate surface area is 136 Å². The van der Waals surface area contributed by atoms with Gasteiger partial charge in [-0.25, -0.2) is 4.39 Å². The molecule has 0 bridgehead atoms. The molecule has 4 nitrogen and oxygen atoms in total. The quantitative estimate of drug-likeness (QED) is 0.884. The first kappa shape index (κ1) is 16.1. The van der Waals surface area contributed by atoms with Gasteiger partial charge in [0.1, 0.15) is 11.9 Å². The van der Waals surface area contributed by atoms with Crippen molar-refractivity contribution in [3.63, 3.8) is 0 Å². The Hall–Kier alpha value is -2.29. The predicted molar refractivity (Wildman–Crippen MR) is 84.7 cm³/mol. The summed E-state index contributed by atoms with van der Waals surface area (Å²) in [5, 5.41) is 14.6. The molecule has 0 unspecified atom stereocenters. The van der Waals surface area contributed by atoms with Gasteiger partial charge in [-0.05, 0) is 36.4 Å². The predicted octanol–water partition coefficient (Wildman–Crippen LogP) is 4.05. The van der Waals surface area contributed by atoms with E-state index in [4.69, 9.17) is 28.5 Å². The average molecular weight is 338 g/mol. The summed E-state index contributed by atoms with van der Waals surface area (Å²) >= 11 is 11.5. The van der Waals surface area contributed by atoms with Gasteiger partial charge < -0.3 is 10.6 Å². The Morgan fingerprint density at radius 1 is 1.23 bits per heavy atom. The van der Waals surface area contributed by atoms with E-state index >= 15 is 0 Å². The van der Waals surface area contributed by atoms with Crippen molar-refractivity contribution in [3.8, 4) is 6.07 Å². The van der Waals surface area contributed by atoms with Crippen LogP contribution in [0.2, 0.25) is 10.0 Å². The molecule has 0 spiro atoms. The number of anilines is 2. The van der Waals surface area contributed by atoms with Crippen molar-refractivity contribution in [2.24, 2.45) is 0 Å². The summed E-state index contributed by atoms with van der Waals surface area (Å²) in [5.74, 6) is -0.920. The Kier molecular flexibility index (Phi) is 5.21. The summed E-state index contributed by atoms with van der Waals surface area (Å²) in [7, 11) is 0. The first-order valence-electron chi connectivity index (χ1n) is 6.18. The van der Waals surface area contributed by atoms with Gasteiger partial charge in [-0.2, -0.15) is 5.26 Å². The second kappa shape index (κ2) is 7.12. The molecule has 0 aliphatic heterocycles. The van der Waals surface area contributed by atoms with Crippen LogP contribution in [0.4, 0.5) is 15.8 Å². The average Bonchev–Trinajstić information content (AvgIpc) is 2.46. The Morgan fingerprint density at radius 2 is 2.00 bits per heavy atom. The zero-order valence-corrected chi connectivity index (χ0v) is 12.7. The van der Waals surface area contributed by atoms with Crippen LogP contribution in [0.3, 0.4) is 0 Å². The topological polar surface area (TPSA) is 64.9 Å². The number of benzene rings is 2. The Bertz CT molecular complexity index is 759. The fraction of sp³-hybridized carbons (Fsp3) is 0.0667. The van der Waals surface area contributed by atoms with Gasteiger partial charge in [-0.1, -0.05) is 23.2 Å². The fourth-order valence-electron chi connectivity index (χ4n) is 1.70. The van der Waals surface area contributed by atoms with E-state index in [0.29, 0.717) is 11.3 Å². The van der Waals surface area contributed by atoms with Gasteiger partial charge in [-0.3, -0.25) is 4.79 Å². The van der Waals surface area contributed by atoms with E-state index in [0.717, 1.165) is 6.07 Å². The number of hydrogen-bond donors (Lipinski definition) is 2. The van der Waals surface area contributed by atoms with Gasteiger partial charge in [-0.15, -0.1) is 0 Å². The van der Waals surface area contributed by atoms with E-state index < -0.39 is 5.82 Å². The maximum atomic E-state index is 13.5. The van der Waals surface area contributed by atoms with E-state index in [2.05, 4.69) is 10.6 Å². The largest absolute Gasteiger partial charge is 0.374 e. The van der Waals surface area contributed by atoms with E-state index in [9.17, 15) is 9.18 Å². The van der Waals surface area contributed by atoms with E-state index in [1.54, 1.807) is 6.07 Å². The molecule has 112 valence electrons. The second-order valence-corrected chi connectivity index (χ2v) is 5.18. The van der Waals surface area contributed by atoms with Gasteiger partial charge in [0, 0.05) is 10.7 Å². The number of carbonyl (C=O) groups excluding carboxylic acids is 1. The van der Waals surface area contributed by atoms with Crippen molar-refractivity contribution < 1.29 is 9.18 Å². The highest BCUT2D eigenvalue weighted by Crippen LogP contribution is 2.21. The third-order valence-corrected chi connectivity index (χ3v) is 3.29. The summed E-state index contributed by atoms with van der Waals surface area (Å²) in [4.78, 5) is 11.8. The van der Waals surface area contributed by atoms with Crippen molar-refractivity contribution in [1.29, 1.82) is 5.26 Å². The highest BCUT2D eigenvalue weighted by Gasteiger charge is 2.07. The number of amides is 1. The minimum atomic E-state index is -0.540. The lowest BCUT2D eigenvalue weighted by Crippen LogP contribution is -2.22. The standard InChI is InChI=1S/C15H10Cl2FN3O/c16-10-2-4-14(13(18)5-10)20-8-15(22)21-11-3-1-9(7-19)12(17)6-11/h1-6,20H,8H2,(H,21,22). The molecular weight excluding hydrogens is 328 g/mol. The van der Waals surface area contributed by atoms with Crippen LogP contribution in [0.1, 0.15) is 5.56 Å². The maximum Gasteiger partial charge on any atom is 0.243 e. The molecule has 22 heavy (non-hydrogen) atoms. The Morgan fingerprint density at radius 3 is 2.64 bits per heavy atom. The molecule has 0 saturated heterocycles. The van der Waals surface area contributed by atoms with Crippen LogP contribution in [-0.4, -0.2) is 12.5 Å². The molecule has 2 aromatic carbocycles. The number of nitrogens with one attached hydrogen (secondary N) is 2. The van der Waals surface area contributed by atoms with Crippen molar-refractivity contribution in [2.45, 2.75) is 0 Å². The zero-order valence-electron chi connectivity index (χ0n) is 11.2. The molecule has 2 rings (SSSR count). The van der Waals surface area contributed by atoms with Crippen molar-refractivity contribution in [3.05, 3.63) is 57.8 Å². The number of nitrogens with zero attached hydrogens (tertiary/aromatic N) is 1. The second-order valence-electron chi connectivity index (χ2n) is 4.33. The third kappa shape index (κ3) is 4.10. The van der Waals surface area contributed by atoms with Crippen LogP contribution in [0.5, 0.6) is 0 Å². The van der Waals surface area contributed by atoms with Crippen LogP contribution in [0.25, 0.3) is 0 Å². The zero-order chi connectivity index (χ0) is 16.1. The van der Waals surface area contributed by atoms with Crippen LogP contribution < -0.4 is 10.6 Å². The minimum absolute atomic E-state index is 0.129. The van der Waals surface area contributed by atoms with Crippen molar-refractivity contribution >= 4 is 40.5 Å². The third-order valence-electron chi connectivity index (χ3n) is 2.74. The summed E-state index contributed by atoms with van der Waals surface area (Å²) < 4.78 is 13.5. The normalized spacial score (nSPS) is 9.91. The highest BCUT2D eigenvalue weighted by atomic mass is 35.5. The molecule has 0 saturated carbocycles. The number of carbonyl (C=O) groups is 1. The van der Waals surface area contributed by atoms with Crippen LogP contribution in [0, 0.1) is 17.1 Å². The molecule has 7 heteroatoms. The number of nitriles is 1. The molecular formula is C15H10Cl2FN3O. The molecule has 2 N–H and O–H groups in total. The molecule has 0 aromatic heterocycles. The molecule has 0 atom stereocenters. The van der Waals surface area contributed by atoms with Gasteiger partial charge in [0.25, 0.3) is 0 Å². The number of halogens is 3. The number of hydrogen-bond acceptors (Lipinski definition) is 3. The minimum Gasteiger partial charge on any atom is -0.374 e. The molecule has 0 aliphatic carbocycles. The van der Waals surface area contributed by atoms with E-state index in [1.807, 2.05) is 6.07 Å². The lowest BCUT2D eigenvalue weighted by molar-refractivity contribution is -0.114. The van der Waals surface area contributed by atoms with Crippen molar-refractivity contribution in [1.82, 2.24) is 0 Å². The first-order valence-corrected chi connectivity index (χ1v) is 6.93. The van der Waals surface area contributed by atoms with Crippen molar-refractivity contribution in [2.75, 3.05) is 17.2 Å². The maximum absolute atomic E-state index is 13.5. The molecule has 0 fully saturated rings. The molecule has 0 aliphatic rings. The smallest absolute Gasteiger partial charge is 0.243 e. The monoisotopic (exact) mass is 337 g/mol. The Balaban J connectivity index is 1.96. The van der Waals surface area contributed by atoms with Crippen LogP contribution >= 0.6 is 23.2 Å². The van der Waals surface area contributed by atoms with Gasteiger partial charge in [0.2, 0.25) is 5.91 Å². The SMILES string of the molecule is N#Cc1ccc(NC(=O)CNc2ccc(Cl)cc2F)cc1Cl. The lowest BCUT2D eigenvalue weighted by atomic mass is 10.2. The fourth-order valence-corrected chi connectivity index (χ4v) is 2.08. The summed E-state index contributed by atoms with van der Waals surface area (Å²) in [6.07, 6.45) is 0. The summed E-state index contributed by atoms with van der Waals surface area (Å²) in [6.45, 7) is -0.129. The highest BCUT2D eigenvalue weighted by molar-refractivity contribution is 6.32. The van der Waals surface area contributed by atoms with Gasteiger partial charge in [0.05, 0.1) is 22.8 Å². The first-order chi connectivity index (χ1) is 10.5. The number of rotatable bonds is 4. The lowest BCUT2D eigenvalue weighted by Gasteiger charge is -2.09. The molecule has 0 radical (unpaired) electrons. The summed E-state index contributed by atoms with van der Waals surface area (Å²) in [5.41, 5.74) is 0.950.